The standard InChI is InChI=1S/C13H15NO5/c1-16-9-6-7-5-8(13(15)19-4)14-10(7)12(18-3)11(9)17-2/h5-6,14H,1-4H3. The highest BCUT2D eigenvalue weighted by molar-refractivity contribution is 5.98. The number of rotatable bonds is 4. The maximum Gasteiger partial charge on any atom is 0.354 e. The number of hydrogen-bond donors (Lipinski definition) is 1. The third kappa shape index (κ3) is 2.05. The molecule has 2 aromatic rings. The molecule has 6 heteroatoms. The molecule has 0 saturated heterocycles. The Morgan fingerprint density at radius 3 is 2.21 bits per heavy atom. The summed E-state index contributed by atoms with van der Waals surface area (Å²) in [5.74, 6) is 1.03. The molecule has 0 atom stereocenters. The molecule has 6 nitrogen and oxygen atoms in total. The molecule has 1 N–H and O–H groups in total. The Balaban J connectivity index is 2.73. The Morgan fingerprint density at radius 2 is 1.68 bits per heavy atom. The van der Waals surface area contributed by atoms with Gasteiger partial charge in [0.05, 0.1) is 34.0 Å². The van der Waals surface area contributed by atoms with Crippen LogP contribution < -0.4 is 14.2 Å². The number of aromatic amines is 1. The molecule has 1 heterocycles. The Morgan fingerprint density at radius 1 is 1.00 bits per heavy atom. The number of carbonyl (C=O) groups is 1. The van der Waals surface area contributed by atoms with Crippen LogP contribution in [0.25, 0.3) is 10.9 Å². The minimum atomic E-state index is -0.448. The van der Waals surface area contributed by atoms with Crippen molar-refractivity contribution in [1.82, 2.24) is 4.98 Å². The average molecular weight is 265 g/mol. The van der Waals surface area contributed by atoms with Crippen molar-refractivity contribution in [1.29, 1.82) is 0 Å². The number of H-pyrrole nitrogens is 1. The highest BCUT2D eigenvalue weighted by Gasteiger charge is 2.19. The van der Waals surface area contributed by atoms with E-state index in [0.717, 1.165) is 5.39 Å². The third-order valence-electron chi connectivity index (χ3n) is 2.83. The fraction of sp³-hybridized carbons (Fsp3) is 0.308. The molecule has 0 spiro atoms. The number of aromatic nitrogens is 1. The van der Waals surface area contributed by atoms with Crippen molar-refractivity contribution in [3.8, 4) is 17.2 Å². The summed E-state index contributed by atoms with van der Waals surface area (Å²) in [6, 6.07) is 3.44. The molecule has 0 amide bonds. The van der Waals surface area contributed by atoms with Gasteiger partial charge in [0.25, 0.3) is 0 Å². The van der Waals surface area contributed by atoms with Crippen LogP contribution in [0.3, 0.4) is 0 Å². The van der Waals surface area contributed by atoms with Crippen LogP contribution in [-0.4, -0.2) is 39.4 Å². The Labute approximate surface area is 110 Å². The van der Waals surface area contributed by atoms with Gasteiger partial charge in [-0.25, -0.2) is 4.79 Å². The van der Waals surface area contributed by atoms with Gasteiger partial charge in [0, 0.05) is 5.39 Å². The summed E-state index contributed by atoms with van der Waals surface area (Å²) in [7, 11) is 5.91. The van der Waals surface area contributed by atoms with Crippen LogP contribution in [0.15, 0.2) is 12.1 Å². The molecule has 0 saturated carbocycles. The maximum atomic E-state index is 11.5. The van der Waals surface area contributed by atoms with Crippen molar-refractivity contribution in [2.24, 2.45) is 0 Å². The van der Waals surface area contributed by atoms with E-state index < -0.39 is 5.97 Å². The summed E-state index contributed by atoms with van der Waals surface area (Å²) < 4.78 is 20.5. The summed E-state index contributed by atoms with van der Waals surface area (Å²) >= 11 is 0. The SMILES string of the molecule is COC(=O)c1cc2cc(OC)c(OC)c(OC)c2[nH]1. The van der Waals surface area contributed by atoms with E-state index in [2.05, 4.69) is 9.72 Å². The van der Waals surface area contributed by atoms with Crippen LogP contribution in [-0.2, 0) is 4.74 Å². The number of hydrogen-bond acceptors (Lipinski definition) is 5. The first-order valence-corrected chi connectivity index (χ1v) is 5.56. The van der Waals surface area contributed by atoms with E-state index in [0.29, 0.717) is 28.5 Å². The molecule has 0 bridgehead atoms. The van der Waals surface area contributed by atoms with E-state index in [1.807, 2.05) is 0 Å². The number of ether oxygens (including phenoxy) is 4. The van der Waals surface area contributed by atoms with Crippen LogP contribution in [0.1, 0.15) is 10.5 Å². The first kappa shape index (κ1) is 13.1. The van der Waals surface area contributed by atoms with Gasteiger partial charge in [-0.05, 0) is 12.1 Å². The first-order valence-electron chi connectivity index (χ1n) is 5.56. The normalized spacial score (nSPS) is 10.3. The zero-order valence-corrected chi connectivity index (χ0v) is 11.2. The topological polar surface area (TPSA) is 69.8 Å². The monoisotopic (exact) mass is 265 g/mol. The fourth-order valence-electron chi connectivity index (χ4n) is 1.96. The fourth-order valence-corrected chi connectivity index (χ4v) is 1.96. The van der Waals surface area contributed by atoms with E-state index in [9.17, 15) is 4.79 Å². The Bertz CT molecular complexity index is 617. The first-order chi connectivity index (χ1) is 9.15. The van der Waals surface area contributed by atoms with Gasteiger partial charge < -0.3 is 23.9 Å². The molecule has 0 aliphatic carbocycles. The maximum absolute atomic E-state index is 11.5. The van der Waals surface area contributed by atoms with Crippen molar-refractivity contribution < 1.29 is 23.7 Å². The molecule has 1 aromatic carbocycles. The van der Waals surface area contributed by atoms with E-state index in [-0.39, 0.29) is 0 Å². The highest BCUT2D eigenvalue weighted by Crippen LogP contribution is 2.43. The minimum absolute atomic E-state index is 0.339. The molecule has 0 radical (unpaired) electrons. The number of nitrogens with one attached hydrogen (secondary N) is 1. The lowest BCUT2D eigenvalue weighted by Gasteiger charge is -2.12. The van der Waals surface area contributed by atoms with Gasteiger partial charge in [-0.15, -0.1) is 0 Å². The molecule has 0 aliphatic heterocycles. The van der Waals surface area contributed by atoms with Gasteiger partial charge in [0.15, 0.2) is 11.5 Å². The Kier molecular flexibility index (Phi) is 3.50. The van der Waals surface area contributed by atoms with Crippen molar-refractivity contribution in [3.05, 3.63) is 17.8 Å². The molecular formula is C13H15NO5. The molecule has 102 valence electrons. The highest BCUT2D eigenvalue weighted by atomic mass is 16.5. The van der Waals surface area contributed by atoms with Gasteiger partial charge in [-0.3, -0.25) is 0 Å². The molecule has 0 unspecified atom stereocenters. The lowest BCUT2D eigenvalue weighted by Crippen LogP contribution is -2.00. The van der Waals surface area contributed by atoms with E-state index >= 15 is 0 Å². The number of carbonyl (C=O) groups excluding carboxylic acids is 1. The van der Waals surface area contributed by atoms with Gasteiger partial charge in [-0.1, -0.05) is 0 Å². The van der Waals surface area contributed by atoms with Gasteiger partial charge in [0.2, 0.25) is 5.75 Å². The quantitative estimate of drug-likeness (QED) is 0.856. The second kappa shape index (κ2) is 5.09. The van der Waals surface area contributed by atoms with Crippen molar-refractivity contribution in [2.75, 3.05) is 28.4 Å². The lowest BCUT2D eigenvalue weighted by atomic mass is 10.2. The summed E-state index contributed by atoms with van der Waals surface area (Å²) in [5.41, 5.74) is 0.992. The summed E-state index contributed by atoms with van der Waals surface area (Å²) in [5, 5.41) is 0.773. The number of fused-ring (bicyclic) bond motifs is 1. The predicted molar refractivity (Wildman–Crippen MR) is 69.3 cm³/mol. The molecule has 2 rings (SSSR count). The smallest absolute Gasteiger partial charge is 0.354 e. The number of esters is 1. The van der Waals surface area contributed by atoms with Crippen molar-refractivity contribution in [3.63, 3.8) is 0 Å². The van der Waals surface area contributed by atoms with Crippen molar-refractivity contribution >= 4 is 16.9 Å². The van der Waals surface area contributed by atoms with E-state index in [4.69, 9.17) is 14.2 Å². The van der Waals surface area contributed by atoms with Crippen LogP contribution in [0.4, 0.5) is 0 Å². The van der Waals surface area contributed by atoms with Gasteiger partial charge in [0.1, 0.15) is 5.69 Å². The molecule has 0 fully saturated rings. The molecular weight excluding hydrogens is 250 g/mol. The summed E-state index contributed by atoms with van der Waals surface area (Å²) in [4.78, 5) is 14.5. The summed E-state index contributed by atoms with van der Waals surface area (Å²) in [6.45, 7) is 0. The summed E-state index contributed by atoms with van der Waals surface area (Å²) in [6.07, 6.45) is 0. The van der Waals surface area contributed by atoms with Crippen molar-refractivity contribution in [2.45, 2.75) is 0 Å². The van der Waals surface area contributed by atoms with Crippen LogP contribution in [0.5, 0.6) is 17.2 Å². The third-order valence-corrected chi connectivity index (χ3v) is 2.83. The van der Waals surface area contributed by atoms with Gasteiger partial charge in [-0.2, -0.15) is 0 Å². The molecule has 0 aliphatic rings. The number of methoxy groups -OCH3 is 4. The second-order valence-corrected chi connectivity index (χ2v) is 3.78. The van der Waals surface area contributed by atoms with Crippen LogP contribution >= 0.6 is 0 Å². The zero-order chi connectivity index (χ0) is 14.0. The van der Waals surface area contributed by atoms with Crippen LogP contribution in [0, 0.1) is 0 Å². The largest absolute Gasteiger partial charge is 0.493 e. The second-order valence-electron chi connectivity index (χ2n) is 3.78. The lowest BCUT2D eigenvalue weighted by molar-refractivity contribution is 0.0595. The number of benzene rings is 1. The zero-order valence-electron chi connectivity index (χ0n) is 11.2. The predicted octanol–water partition coefficient (Wildman–Crippen LogP) is 1.98. The average Bonchev–Trinajstić information content (AvgIpc) is 2.87. The van der Waals surface area contributed by atoms with E-state index in [1.54, 1.807) is 12.1 Å². The van der Waals surface area contributed by atoms with Crippen LogP contribution in [0.2, 0.25) is 0 Å². The van der Waals surface area contributed by atoms with E-state index in [1.165, 1.54) is 28.4 Å². The molecule has 1 aromatic heterocycles. The minimum Gasteiger partial charge on any atom is -0.493 e. The van der Waals surface area contributed by atoms with Gasteiger partial charge >= 0.3 is 5.97 Å². The Hall–Kier alpha value is -2.37. The molecule has 19 heavy (non-hydrogen) atoms.